The molecule has 0 saturated heterocycles. The highest BCUT2D eigenvalue weighted by Gasteiger charge is 2.04. The van der Waals surface area contributed by atoms with Gasteiger partial charge < -0.3 is 5.32 Å². The standard InChI is InChI=1S/C11H13FN2S/c1-7(2)6-13-11-14-9-5-8(12)3-4-10(9)15-11/h3-5,7H,6H2,1-2H3,(H,13,14). The molecule has 1 aromatic carbocycles. The molecule has 2 aromatic rings. The number of hydrogen-bond donors (Lipinski definition) is 1. The molecule has 1 aromatic heterocycles. The predicted molar refractivity (Wildman–Crippen MR) is 62.9 cm³/mol. The Bertz CT molecular complexity index is 465. The SMILES string of the molecule is CC(C)CNc1nc2cc(F)ccc2s1. The van der Waals surface area contributed by atoms with Gasteiger partial charge >= 0.3 is 0 Å². The van der Waals surface area contributed by atoms with E-state index < -0.39 is 0 Å². The molecule has 2 nitrogen and oxygen atoms in total. The number of fused-ring (bicyclic) bond motifs is 1. The van der Waals surface area contributed by atoms with Crippen LogP contribution < -0.4 is 5.32 Å². The number of rotatable bonds is 3. The summed E-state index contributed by atoms with van der Waals surface area (Å²) in [4.78, 5) is 4.31. The average molecular weight is 224 g/mol. The van der Waals surface area contributed by atoms with E-state index in [1.54, 1.807) is 17.4 Å². The predicted octanol–water partition coefficient (Wildman–Crippen LogP) is 3.50. The van der Waals surface area contributed by atoms with Gasteiger partial charge in [-0.05, 0) is 18.1 Å². The first kappa shape index (κ1) is 10.4. The van der Waals surface area contributed by atoms with Gasteiger partial charge in [-0.1, -0.05) is 25.2 Å². The lowest BCUT2D eigenvalue weighted by atomic mass is 10.2. The molecule has 0 atom stereocenters. The Morgan fingerprint density at radius 3 is 3.00 bits per heavy atom. The van der Waals surface area contributed by atoms with Gasteiger partial charge in [0.2, 0.25) is 0 Å². The average Bonchev–Trinajstić information content (AvgIpc) is 2.56. The maximum absolute atomic E-state index is 12.9. The molecular weight excluding hydrogens is 211 g/mol. The number of halogens is 1. The largest absolute Gasteiger partial charge is 0.361 e. The van der Waals surface area contributed by atoms with Crippen LogP contribution in [0.15, 0.2) is 18.2 Å². The van der Waals surface area contributed by atoms with Gasteiger partial charge in [-0.15, -0.1) is 0 Å². The molecule has 4 heteroatoms. The van der Waals surface area contributed by atoms with Crippen LogP contribution in [0.25, 0.3) is 10.2 Å². The normalized spacial score (nSPS) is 11.2. The van der Waals surface area contributed by atoms with E-state index >= 15 is 0 Å². The number of nitrogens with zero attached hydrogens (tertiary/aromatic N) is 1. The maximum Gasteiger partial charge on any atom is 0.183 e. The molecule has 0 saturated carbocycles. The molecule has 0 aliphatic rings. The van der Waals surface area contributed by atoms with E-state index in [1.807, 2.05) is 0 Å². The van der Waals surface area contributed by atoms with Gasteiger partial charge in [-0.2, -0.15) is 0 Å². The molecule has 0 spiro atoms. The summed E-state index contributed by atoms with van der Waals surface area (Å²) in [6.07, 6.45) is 0. The van der Waals surface area contributed by atoms with E-state index in [9.17, 15) is 4.39 Å². The zero-order valence-corrected chi connectivity index (χ0v) is 9.57. The Kier molecular flexibility index (Phi) is 2.86. The molecule has 0 bridgehead atoms. The molecule has 1 N–H and O–H groups in total. The van der Waals surface area contributed by atoms with Gasteiger partial charge in [0.05, 0.1) is 10.2 Å². The van der Waals surface area contributed by atoms with Gasteiger partial charge in [0.25, 0.3) is 0 Å². The summed E-state index contributed by atoms with van der Waals surface area (Å²) in [5.74, 6) is 0.344. The molecule has 0 fully saturated rings. The Hall–Kier alpha value is -1.16. The number of anilines is 1. The summed E-state index contributed by atoms with van der Waals surface area (Å²) in [6.45, 7) is 5.17. The van der Waals surface area contributed by atoms with Crippen molar-refractivity contribution in [3.63, 3.8) is 0 Å². The minimum atomic E-state index is -0.233. The zero-order valence-electron chi connectivity index (χ0n) is 8.75. The first-order valence-electron chi connectivity index (χ1n) is 4.95. The third-order valence-corrected chi connectivity index (χ3v) is 3.01. The Balaban J connectivity index is 2.23. The summed E-state index contributed by atoms with van der Waals surface area (Å²) in [7, 11) is 0. The second kappa shape index (κ2) is 4.14. The molecule has 0 amide bonds. The topological polar surface area (TPSA) is 24.9 Å². The third-order valence-electron chi connectivity index (χ3n) is 2.01. The van der Waals surface area contributed by atoms with Gasteiger partial charge in [-0.3, -0.25) is 0 Å². The van der Waals surface area contributed by atoms with Crippen molar-refractivity contribution in [2.45, 2.75) is 13.8 Å². The number of aromatic nitrogens is 1. The summed E-state index contributed by atoms with van der Waals surface area (Å²) < 4.78 is 13.9. The van der Waals surface area contributed by atoms with Gasteiger partial charge in [0.15, 0.2) is 5.13 Å². The van der Waals surface area contributed by atoms with Crippen molar-refractivity contribution in [1.82, 2.24) is 4.98 Å². The Labute approximate surface area is 92.1 Å². The van der Waals surface area contributed by atoms with Crippen molar-refractivity contribution in [3.8, 4) is 0 Å². The minimum absolute atomic E-state index is 0.233. The van der Waals surface area contributed by atoms with Crippen molar-refractivity contribution in [2.24, 2.45) is 5.92 Å². The Morgan fingerprint density at radius 1 is 1.47 bits per heavy atom. The molecule has 1 heterocycles. The first-order chi connectivity index (χ1) is 7.15. The highest BCUT2D eigenvalue weighted by Crippen LogP contribution is 2.26. The van der Waals surface area contributed by atoms with Crippen molar-refractivity contribution in [3.05, 3.63) is 24.0 Å². The smallest absolute Gasteiger partial charge is 0.183 e. The highest BCUT2D eigenvalue weighted by atomic mass is 32.1. The molecule has 80 valence electrons. The highest BCUT2D eigenvalue weighted by molar-refractivity contribution is 7.22. The molecule has 15 heavy (non-hydrogen) atoms. The number of thiazole rings is 1. The zero-order chi connectivity index (χ0) is 10.8. The molecule has 2 rings (SSSR count). The van der Waals surface area contributed by atoms with E-state index in [1.165, 1.54) is 12.1 Å². The monoisotopic (exact) mass is 224 g/mol. The van der Waals surface area contributed by atoms with E-state index in [0.717, 1.165) is 21.9 Å². The molecular formula is C11H13FN2S. The second-order valence-corrected chi connectivity index (χ2v) is 4.94. The van der Waals surface area contributed by atoms with E-state index in [0.29, 0.717) is 5.92 Å². The lowest BCUT2D eigenvalue weighted by molar-refractivity contribution is 0.629. The summed E-state index contributed by atoms with van der Waals surface area (Å²) >= 11 is 1.56. The molecule has 0 unspecified atom stereocenters. The van der Waals surface area contributed by atoms with Crippen LogP contribution in [0.2, 0.25) is 0 Å². The lowest BCUT2D eigenvalue weighted by Gasteiger charge is -2.03. The van der Waals surface area contributed by atoms with Crippen LogP contribution >= 0.6 is 11.3 Å². The fourth-order valence-corrected chi connectivity index (χ4v) is 2.12. The van der Waals surface area contributed by atoms with Crippen molar-refractivity contribution in [1.29, 1.82) is 0 Å². The van der Waals surface area contributed by atoms with Crippen molar-refractivity contribution in [2.75, 3.05) is 11.9 Å². The van der Waals surface area contributed by atoms with E-state index in [4.69, 9.17) is 0 Å². The van der Waals surface area contributed by atoms with Crippen LogP contribution in [0.4, 0.5) is 9.52 Å². The van der Waals surface area contributed by atoms with Crippen LogP contribution in [-0.4, -0.2) is 11.5 Å². The first-order valence-corrected chi connectivity index (χ1v) is 5.77. The van der Waals surface area contributed by atoms with Crippen LogP contribution in [0.1, 0.15) is 13.8 Å². The van der Waals surface area contributed by atoms with Crippen LogP contribution in [-0.2, 0) is 0 Å². The Morgan fingerprint density at radius 2 is 2.27 bits per heavy atom. The van der Waals surface area contributed by atoms with Crippen LogP contribution in [0.5, 0.6) is 0 Å². The summed E-state index contributed by atoms with van der Waals surface area (Å²) in [5, 5.41) is 4.10. The lowest BCUT2D eigenvalue weighted by Crippen LogP contribution is -2.07. The fraction of sp³-hybridized carbons (Fsp3) is 0.364. The number of hydrogen-bond acceptors (Lipinski definition) is 3. The number of nitrogens with one attached hydrogen (secondary N) is 1. The van der Waals surface area contributed by atoms with Crippen molar-refractivity contribution >= 4 is 26.7 Å². The van der Waals surface area contributed by atoms with Gasteiger partial charge in [0.1, 0.15) is 5.82 Å². The van der Waals surface area contributed by atoms with E-state index in [2.05, 4.69) is 24.1 Å². The summed E-state index contributed by atoms with van der Waals surface area (Å²) in [5.41, 5.74) is 0.728. The quantitative estimate of drug-likeness (QED) is 0.863. The maximum atomic E-state index is 12.9. The molecule has 0 radical (unpaired) electrons. The van der Waals surface area contributed by atoms with Crippen LogP contribution in [0.3, 0.4) is 0 Å². The summed E-state index contributed by atoms with van der Waals surface area (Å²) in [6, 6.07) is 4.70. The van der Waals surface area contributed by atoms with Gasteiger partial charge in [-0.25, -0.2) is 9.37 Å². The van der Waals surface area contributed by atoms with E-state index in [-0.39, 0.29) is 5.82 Å². The minimum Gasteiger partial charge on any atom is -0.361 e. The molecule has 0 aliphatic heterocycles. The number of benzene rings is 1. The fourth-order valence-electron chi connectivity index (χ4n) is 1.27. The third kappa shape index (κ3) is 2.45. The van der Waals surface area contributed by atoms with Crippen molar-refractivity contribution < 1.29 is 4.39 Å². The second-order valence-electron chi connectivity index (χ2n) is 3.91. The van der Waals surface area contributed by atoms with Gasteiger partial charge in [0, 0.05) is 12.6 Å². The molecule has 0 aliphatic carbocycles. The van der Waals surface area contributed by atoms with Crippen LogP contribution in [0, 0.1) is 11.7 Å².